The van der Waals surface area contributed by atoms with Gasteiger partial charge in [-0.2, -0.15) is 0 Å². The molecule has 0 bridgehead atoms. The van der Waals surface area contributed by atoms with Crippen LogP contribution in [0.15, 0.2) is 36.4 Å². The minimum atomic E-state index is 0.577. The third-order valence-electron chi connectivity index (χ3n) is 3.06. The number of aromatic nitrogens is 2. The molecule has 96 valence electrons. The van der Waals surface area contributed by atoms with Crippen LogP contribution in [0.4, 0.5) is 0 Å². The smallest absolute Gasteiger partial charge is 0.182 e. The number of rotatable bonds is 1. The van der Waals surface area contributed by atoms with Gasteiger partial charge in [-0.3, -0.25) is 4.57 Å². The Morgan fingerprint density at radius 2 is 1.95 bits per heavy atom. The number of nitrogens with one attached hydrogen (secondary N) is 1. The first kappa shape index (κ1) is 12.7. The fourth-order valence-electron chi connectivity index (χ4n) is 2.22. The van der Waals surface area contributed by atoms with Crippen molar-refractivity contribution in [2.45, 2.75) is 6.92 Å². The Bertz CT molecular complexity index is 833. The summed E-state index contributed by atoms with van der Waals surface area (Å²) in [5.41, 5.74) is 4.00. The van der Waals surface area contributed by atoms with E-state index in [0.29, 0.717) is 14.8 Å². The first-order chi connectivity index (χ1) is 9.08. The van der Waals surface area contributed by atoms with Gasteiger partial charge in [-0.1, -0.05) is 35.3 Å². The van der Waals surface area contributed by atoms with Gasteiger partial charge in [0.25, 0.3) is 0 Å². The number of fused-ring (bicyclic) bond motifs is 1. The molecule has 0 aliphatic carbocycles. The van der Waals surface area contributed by atoms with Crippen LogP contribution in [-0.2, 0) is 0 Å². The largest absolute Gasteiger partial charge is 0.330 e. The Morgan fingerprint density at radius 1 is 1.16 bits per heavy atom. The van der Waals surface area contributed by atoms with Crippen LogP contribution in [0.1, 0.15) is 5.56 Å². The summed E-state index contributed by atoms with van der Waals surface area (Å²) in [6.07, 6.45) is 0. The SMILES string of the molecule is Cc1cccc2[nH]c(=S)n(-c3ccc(Cl)cc3Cl)c12. The average molecular weight is 309 g/mol. The van der Waals surface area contributed by atoms with Crippen LogP contribution in [0, 0.1) is 11.7 Å². The molecule has 2 nitrogen and oxygen atoms in total. The highest BCUT2D eigenvalue weighted by Crippen LogP contribution is 2.29. The maximum atomic E-state index is 6.28. The van der Waals surface area contributed by atoms with E-state index >= 15 is 0 Å². The van der Waals surface area contributed by atoms with E-state index in [1.807, 2.05) is 41.8 Å². The monoisotopic (exact) mass is 308 g/mol. The average Bonchev–Trinajstić information content (AvgIpc) is 2.67. The second-order valence-corrected chi connectivity index (χ2v) is 5.56. The van der Waals surface area contributed by atoms with Crippen molar-refractivity contribution in [2.24, 2.45) is 0 Å². The van der Waals surface area contributed by atoms with Crippen LogP contribution < -0.4 is 0 Å². The number of para-hydroxylation sites is 1. The first-order valence-corrected chi connectivity index (χ1v) is 6.90. The number of aryl methyl sites for hydroxylation is 1. The molecule has 0 spiro atoms. The Hall–Kier alpha value is -1.29. The molecule has 0 amide bonds. The fraction of sp³-hybridized carbons (Fsp3) is 0.0714. The molecule has 3 rings (SSSR count). The van der Waals surface area contributed by atoms with Crippen molar-refractivity contribution in [3.63, 3.8) is 0 Å². The molecule has 5 heteroatoms. The standard InChI is InChI=1S/C14H10Cl2N2S/c1-8-3-2-4-11-13(8)18(14(19)17-11)12-6-5-9(15)7-10(12)16/h2-7H,1H3,(H,17,19). The third kappa shape index (κ3) is 2.08. The van der Waals surface area contributed by atoms with Gasteiger partial charge in [-0.25, -0.2) is 0 Å². The van der Waals surface area contributed by atoms with Gasteiger partial charge in [0.05, 0.1) is 21.7 Å². The molecule has 0 saturated heterocycles. The number of H-pyrrole nitrogens is 1. The fourth-order valence-corrected chi connectivity index (χ4v) is 3.01. The van der Waals surface area contributed by atoms with Crippen molar-refractivity contribution in [3.05, 3.63) is 56.8 Å². The summed E-state index contributed by atoms with van der Waals surface area (Å²) in [5.74, 6) is 0. The van der Waals surface area contributed by atoms with Gasteiger partial charge in [-0.05, 0) is 49.0 Å². The maximum Gasteiger partial charge on any atom is 0.182 e. The van der Waals surface area contributed by atoms with Gasteiger partial charge < -0.3 is 4.98 Å². The van der Waals surface area contributed by atoms with Crippen LogP contribution in [0.2, 0.25) is 10.0 Å². The first-order valence-electron chi connectivity index (χ1n) is 5.73. The van der Waals surface area contributed by atoms with Crippen LogP contribution in [0.5, 0.6) is 0 Å². The van der Waals surface area contributed by atoms with Gasteiger partial charge >= 0.3 is 0 Å². The number of benzene rings is 2. The molecule has 0 aliphatic heterocycles. The molecule has 0 unspecified atom stereocenters. The lowest BCUT2D eigenvalue weighted by atomic mass is 10.2. The molecule has 0 saturated carbocycles. The number of hydrogen-bond acceptors (Lipinski definition) is 1. The molecule has 0 aliphatic rings. The number of halogens is 2. The summed E-state index contributed by atoms with van der Waals surface area (Å²) < 4.78 is 2.56. The molecule has 0 fully saturated rings. The molecule has 3 aromatic rings. The predicted octanol–water partition coefficient (Wildman–Crippen LogP) is 5.30. The lowest BCUT2D eigenvalue weighted by Crippen LogP contribution is -1.96. The summed E-state index contributed by atoms with van der Waals surface area (Å²) in [5, 5.41) is 1.18. The number of aromatic amines is 1. The van der Waals surface area contributed by atoms with Crippen LogP contribution >= 0.6 is 35.4 Å². The Kier molecular flexibility index (Phi) is 3.13. The lowest BCUT2D eigenvalue weighted by Gasteiger charge is -2.08. The zero-order chi connectivity index (χ0) is 13.6. The summed E-state index contributed by atoms with van der Waals surface area (Å²) in [6.45, 7) is 2.05. The highest BCUT2D eigenvalue weighted by atomic mass is 35.5. The molecular formula is C14H10Cl2N2S. The van der Waals surface area contributed by atoms with E-state index in [9.17, 15) is 0 Å². The molecule has 1 N–H and O–H groups in total. The van der Waals surface area contributed by atoms with Gasteiger partial charge in [-0.15, -0.1) is 0 Å². The molecular weight excluding hydrogens is 299 g/mol. The highest BCUT2D eigenvalue weighted by Gasteiger charge is 2.11. The minimum Gasteiger partial charge on any atom is -0.330 e. The molecule has 1 heterocycles. The molecule has 0 radical (unpaired) electrons. The zero-order valence-electron chi connectivity index (χ0n) is 10.1. The maximum absolute atomic E-state index is 6.28. The molecule has 1 aromatic heterocycles. The van der Waals surface area contributed by atoms with Crippen molar-refractivity contribution in [1.82, 2.24) is 9.55 Å². The Balaban J connectivity index is 2.42. The van der Waals surface area contributed by atoms with Gasteiger partial charge in [0.15, 0.2) is 4.77 Å². The van der Waals surface area contributed by atoms with E-state index in [2.05, 4.69) is 4.98 Å². The Labute approximate surface area is 125 Å². The summed E-state index contributed by atoms with van der Waals surface area (Å²) in [6, 6.07) is 11.4. The lowest BCUT2D eigenvalue weighted by molar-refractivity contribution is 1.06. The molecule has 19 heavy (non-hydrogen) atoms. The Morgan fingerprint density at radius 3 is 2.68 bits per heavy atom. The van der Waals surface area contributed by atoms with E-state index in [4.69, 9.17) is 35.4 Å². The molecule has 2 aromatic carbocycles. The second kappa shape index (κ2) is 4.67. The highest BCUT2D eigenvalue weighted by molar-refractivity contribution is 7.71. The van der Waals surface area contributed by atoms with Crippen molar-refractivity contribution in [3.8, 4) is 5.69 Å². The van der Waals surface area contributed by atoms with E-state index in [1.165, 1.54) is 0 Å². The number of imidazole rings is 1. The van der Waals surface area contributed by atoms with Crippen molar-refractivity contribution >= 4 is 46.5 Å². The summed E-state index contributed by atoms with van der Waals surface area (Å²) >= 11 is 17.6. The zero-order valence-corrected chi connectivity index (χ0v) is 12.4. The second-order valence-electron chi connectivity index (χ2n) is 4.33. The van der Waals surface area contributed by atoms with Crippen LogP contribution in [0.3, 0.4) is 0 Å². The van der Waals surface area contributed by atoms with E-state index in [1.54, 1.807) is 6.07 Å². The van der Waals surface area contributed by atoms with Gasteiger partial charge in [0.1, 0.15) is 0 Å². The minimum absolute atomic E-state index is 0.577. The third-order valence-corrected chi connectivity index (χ3v) is 3.88. The summed E-state index contributed by atoms with van der Waals surface area (Å²) in [4.78, 5) is 3.19. The number of hydrogen-bond donors (Lipinski definition) is 1. The van der Waals surface area contributed by atoms with Crippen molar-refractivity contribution < 1.29 is 0 Å². The summed E-state index contributed by atoms with van der Waals surface area (Å²) in [7, 11) is 0. The van der Waals surface area contributed by atoms with Crippen molar-refractivity contribution in [1.29, 1.82) is 0 Å². The van der Waals surface area contributed by atoms with Crippen molar-refractivity contribution in [2.75, 3.05) is 0 Å². The molecule has 0 atom stereocenters. The van der Waals surface area contributed by atoms with Gasteiger partial charge in [0, 0.05) is 5.02 Å². The topological polar surface area (TPSA) is 20.7 Å². The van der Waals surface area contributed by atoms with E-state index in [-0.39, 0.29) is 0 Å². The predicted molar refractivity (Wildman–Crippen MR) is 83.2 cm³/mol. The van der Waals surface area contributed by atoms with Crippen LogP contribution in [0.25, 0.3) is 16.7 Å². The quantitative estimate of drug-likeness (QED) is 0.605. The van der Waals surface area contributed by atoms with Crippen LogP contribution in [-0.4, -0.2) is 9.55 Å². The van der Waals surface area contributed by atoms with Gasteiger partial charge in [0.2, 0.25) is 0 Å². The van der Waals surface area contributed by atoms with E-state index in [0.717, 1.165) is 22.3 Å². The van der Waals surface area contributed by atoms with E-state index < -0.39 is 0 Å². The number of nitrogens with zero attached hydrogens (tertiary/aromatic N) is 1. The normalized spacial score (nSPS) is 11.1.